The van der Waals surface area contributed by atoms with Crippen LogP contribution in [-0.4, -0.2) is 39.7 Å². The number of sulfonamides is 1. The van der Waals surface area contributed by atoms with E-state index in [9.17, 15) is 18.0 Å². The normalized spacial score (nSPS) is 13.4. The molecule has 1 heterocycles. The summed E-state index contributed by atoms with van der Waals surface area (Å²) in [4.78, 5) is 26.4. The number of aryl methyl sites for hydroxylation is 1. The van der Waals surface area contributed by atoms with Crippen LogP contribution in [0.5, 0.6) is 0 Å². The van der Waals surface area contributed by atoms with Crippen molar-refractivity contribution in [3.63, 3.8) is 0 Å². The van der Waals surface area contributed by atoms with E-state index in [4.69, 9.17) is 27.9 Å². The number of carbonyl (C=O) groups excluding carboxylic acids is 2. The van der Waals surface area contributed by atoms with E-state index in [1.165, 1.54) is 23.5 Å². The lowest BCUT2D eigenvalue weighted by atomic mass is 9.95. The molecule has 31 heavy (non-hydrogen) atoms. The Balaban J connectivity index is 1.91. The lowest BCUT2D eigenvalue weighted by Crippen LogP contribution is -2.37. The van der Waals surface area contributed by atoms with Crippen LogP contribution in [0.25, 0.3) is 0 Å². The number of halogens is 2. The van der Waals surface area contributed by atoms with Crippen LogP contribution in [0.1, 0.15) is 40.6 Å². The van der Waals surface area contributed by atoms with E-state index >= 15 is 0 Å². The number of carbonyl (C=O) groups is 2. The van der Waals surface area contributed by atoms with Gasteiger partial charge in [0, 0.05) is 4.88 Å². The summed E-state index contributed by atoms with van der Waals surface area (Å²) >= 11 is 13.5. The quantitative estimate of drug-likeness (QED) is 0.559. The Morgan fingerprint density at radius 2 is 1.94 bits per heavy atom. The molecule has 0 saturated heterocycles. The molecule has 2 aromatic rings. The van der Waals surface area contributed by atoms with E-state index in [1.807, 2.05) is 0 Å². The molecule has 1 aromatic carbocycles. The minimum Gasteiger partial charge on any atom is -0.462 e. The Bertz CT molecular complexity index is 1120. The largest absolute Gasteiger partial charge is 0.462 e. The van der Waals surface area contributed by atoms with Crippen molar-refractivity contribution >= 4 is 67.1 Å². The van der Waals surface area contributed by atoms with Crippen molar-refractivity contribution in [2.24, 2.45) is 0 Å². The molecule has 1 aliphatic rings. The van der Waals surface area contributed by atoms with Gasteiger partial charge in [0.2, 0.25) is 15.9 Å². The van der Waals surface area contributed by atoms with Crippen LogP contribution in [0.2, 0.25) is 10.0 Å². The number of nitrogens with one attached hydrogen (secondary N) is 1. The van der Waals surface area contributed by atoms with Crippen LogP contribution < -0.4 is 9.62 Å². The summed E-state index contributed by atoms with van der Waals surface area (Å²) in [5.41, 5.74) is 1.37. The maximum atomic E-state index is 12.8. The van der Waals surface area contributed by atoms with E-state index < -0.39 is 28.4 Å². The fourth-order valence-electron chi connectivity index (χ4n) is 3.44. The first kappa shape index (κ1) is 23.8. The lowest BCUT2D eigenvalue weighted by Gasteiger charge is -2.23. The van der Waals surface area contributed by atoms with Gasteiger partial charge in [0.05, 0.1) is 34.2 Å². The Kier molecular flexibility index (Phi) is 7.51. The van der Waals surface area contributed by atoms with Gasteiger partial charge < -0.3 is 10.1 Å². The summed E-state index contributed by atoms with van der Waals surface area (Å²) in [6, 6.07) is 4.54. The Morgan fingerprint density at radius 3 is 2.61 bits per heavy atom. The summed E-state index contributed by atoms with van der Waals surface area (Å²) in [5, 5.41) is 3.28. The van der Waals surface area contributed by atoms with Crippen LogP contribution >= 0.6 is 34.5 Å². The Morgan fingerprint density at radius 1 is 1.23 bits per heavy atom. The zero-order chi connectivity index (χ0) is 22.8. The highest BCUT2D eigenvalue weighted by molar-refractivity contribution is 7.92. The molecule has 0 saturated carbocycles. The van der Waals surface area contributed by atoms with E-state index in [0.29, 0.717) is 10.6 Å². The van der Waals surface area contributed by atoms with Gasteiger partial charge in [0.25, 0.3) is 0 Å². The highest BCUT2D eigenvalue weighted by Gasteiger charge is 2.29. The molecule has 11 heteroatoms. The minimum absolute atomic E-state index is 0.0289. The molecule has 1 aromatic heterocycles. The number of rotatable bonds is 7. The fraction of sp³-hybridized carbons (Fsp3) is 0.400. The molecule has 168 valence electrons. The van der Waals surface area contributed by atoms with Crippen molar-refractivity contribution < 1.29 is 22.7 Å². The van der Waals surface area contributed by atoms with Gasteiger partial charge in [-0.2, -0.15) is 0 Å². The van der Waals surface area contributed by atoms with Gasteiger partial charge in [-0.15, -0.1) is 11.3 Å². The molecule has 1 N–H and O–H groups in total. The number of amides is 1. The smallest absolute Gasteiger partial charge is 0.341 e. The van der Waals surface area contributed by atoms with Gasteiger partial charge >= 0.3 is 5.97 Å². The number of fused-ring (bicyclic) bond motifs is 1. The lowest BCUT2D eigenvalue weighted by molar-refractivity contribution is -0.114. The van der Waals surface area contributed by atoms with Gasteiger partial charge in [-0.25, -0.2) is 13.2 Å². The number of hydrogen-bond acceptors (Lipinski definition) is 6. The van der Waals surface area contributed by atoms with Crippen LogP contribution in [0.4, 0.5) is 10.7 Å². The average molecular weight is 505 g/mol. The summed E-state index contributed by atoms with van der Waals surface area (Å²) in [6.45, 7) is 1.41. The zero-order valence-corrected chi connectivity index (χ0v) is 20.2. The van der Waals surface area contributed by atoms with Gasteiger partial charge in [0.15, 0.2) is 0 Å². The van der Waals surface area contributed by atoms with Crippen molar-refractivity contribution in [3.8, 4) is 0 Å². The Hall–Kier alpha value is -1.81. The number of anilines is 2. The minimum atomic E-state index is -3.84. The van der Waals surface area contributed by atoms with E-state index in [2.05, 4.69) is 5.32 Å². The molecule has 0 aliphatic heterocycles. The van der Waals surface area contributed by atoms with Gasteiger partial charge in [-0.05, 0) is 50.3 Å². The summed E-state index contributed by atoms with van der Waals surface area (Å²) in [6.07, 6.45) is 4.52. The molecule has 1 amide bonds. The zero-order valence-electron chi connectivity index (χ0n) is 17.0. The molecule has 1 aliphatic carbocycles. The van der Waals surface area contributed by atoms with E-state index in [-0.39, 0.29) is 22.3 Å². The second-order valence-electron chi connectivity index (χ2n) is 7.03. The first-order valence-corrected chi connectivity index (χ1v) is 13.1. The van der Waals surface area contributed by atoms with Crippen molar-refractivity contribution in [1.29, 1.82) is 0 Å². The van der Waals surface area contributed by atoms with Crippen LogP contribution in [0.3, 0.4) is 0 Å². The van der Waals surface area contributed by atoms with Crippen LogP contribution in [0.15, 0.2) is 18.2 Å². The second kappa shape index (κ2) is 9.77. The molecule has 0 bridgehead atoms. The topological polar surface area (TPSA) is 92.8 Å². The van der Waals surface area contributed by atoms with Gasteiger partial charge in [-0.1, -0.05) is 29.3 Å². The van der Waals surface area contributed by atoms with Crippen LogP contribution in [-0.2, 0) is 32.4 Å². The first-order chi connectivity index (χ1) is 14.6. The number of hydrogen-bond donors (Lipinski definition) is 1. The maximum absolute atomic E-state index is 12.8. The number of thiophene rings is 1. The van der Waals surface area contributed by atoms with Crippen molar-refractivity contribution in [1.82, 2.24) is 0 Å². The molecule has 0 atom stereocenters. The van der Waals surface area contributed by atoms with E-state index in [1.54, 1.807) is 13.0 Å². The third kappa shape index (κ3) is 5.34. The summed E-state index contributed by atoms with van der Waals surface area (Å²) < 4.78 is 30.8. The molecule has 0 radical (unpaired) electrons. The Labute approximate surface area is 195 Å². The van der Waals surface area contributed by atoms with Gasteiger partial charge in [-0.3, -0.25) is 9.10 Å². The summed E-state index contributed by atoms with van der Waals surface area (Å²) in [7, 11) is -3.84. The molecule has 0 fully saturated rings. The standard InChI is InChI=1S/C20H22Cl2N2O5S2/c1-3-29-20(26)17-12-7-4-5-10-15(12)30-19(17)23-16(25)11-24(31(2,27)28)14-9-6-8-13(21)18(14)22/h6,8-9H,3-5,7,10-11H2,1-2H3,(H,23,25). The molecular weight excluding hydrogens is 483 g/mol. The SMILES string of the molecule is CCOC(=O)c1c(NC(=O)CN(c2cccc(Cl)c2Cl)S(C)(=O)=O)sc2c1CCCC2. The highest BCUT2D eigenvalue weighted by atomic mass is 35.5. The number of ether oxygens (including phenoxy) is 1. The fourth-order valence-corrected chi connectivity index (χ4v) is 6.04. The summed E-state index contributed by atoms with van der Waals surface area (Å²) in [5.74, 6) is -1.10. The molecule has 0 unspecified atom stereocenters. The molecular formula is C20H22Cl2N2O5S2. The molecule has 3 rings (SSSR count). The van der Waals surface area contributed by atoms with Crippen LogP contribution in [0, 0.1) is 0 Å². The number of esters is 1. The van der Waals surface area contributed by atoms with Crippen molar-refractivity contribution in [2.75, 3.05) is 29.0 Å². The highest BCUT2D eigenvalue weighted by Crippen LogP contribution is 2.39. The predicted molar refractivity (Wildman–Crippen MR) is 124 cm³/mol. The predicted octanol–water partition coefficient (Wildman–Crippen LogP) is 4.52. The number of nitrogens with zero attached hydrogens (tertiary/aromatic N) is 1. The van der Waals surface area contributed by atoms with Crippen molar-refractivity contribution in [2.45, 2.75) is 32.6 Å². The van der Waals surface area contributed by atoms with E-state index in [0.717, 1.165) is 46.7 Å². The molecule has 7 nitrogen and oxygen atoms in total. The van der Waals surface area contributed by atoms with Crippen molar-refractivity contribution in [3.05, 3.63) is 44.2 Å². The first-order valence-electron chi connectivity index (χ1n) is 9.66. The second-order valence-corrected chi connectivity index (χ2v) is 10.8. The number of benzene rings is 1. The third-order valence-corrected chi connectivity index (χ3v) is 7.93. The monoisotopic (exact) mass is 504 g/mol. The average Bonchev–Trinajstić information content (AvgIpc) is 3.05. The molecule has 0 spiro atoms. The third-order valence-electron chi connectivity index (χ3n) is 4.79. The van der Waals surface area contributed by atoms with Gasteiger partial charge in [0.1, 0.15) is 11.5 Å². The maximum Gasteiger partial charge on any atom is 0.341 e.